The molecule has 2 aromatic carbocycles. The fraction of sp³-hybridized carbons (Fsp3) is 0.400. The number of nitrogens with two attached hydrogens (primary N) is 3. The highest BCUT2D eigenvalue weighted by atomic mass is 32.2. The Hall–Kier alpha value is -4.48. The Balaban J connectivity index is 1.80. The molecule has 0 aliphatic carbocycles. The number of para-hydroxylation sites is 1. The summed E-state index contributed by atoms with van der Waals surface area (Å²) < 4.78 is 0. The molecule has 17 heteroatoms. The number of rotatable bonds is 17. The van der Waals surface area contributed by atoms with Crippen LogP contribution in [-0.2, 0) is 34.5 Å². The van der Waals surface area contributed by atoms with Crippen LogP contribution in [0.15, 0.2) is 59.5 Å². The van der Waals surface area contributed by atoms with Gasteiger partial charge < -0.3 is 32.7 Å². The molecule has 1 aliphatic rings. The van der Waals surface area contributed by atoms with E-state index in [1.165, 1.54) is 34.9 Å². The van der Waals surface area contributed by atoms with Crippen LogP contribution in [0.3, 0.4) is 0 Å². The average molecular weight is 688 g/mol. The molecule has 1 fully saturated rings. The molecule has 5 amide bonds. The molecule has 0 unspecified atom stereocenters. The van der Waals surface area contributed by atoms with Crippen LogP contribution in [-0.4, -0.2) is 80.9 Å². The van der Waals surface area contributed by atoms with E-state index in [1.54, 1.807) is 6.07 Å². The lowest BCUT2D eigenvalue weighted by Crippen LogP contribution is -2.58. The van der Waals surface area contributed by atoms with Crippen molar-refractivity contribution in [2.24, 2.45) is 17.2 Å². The summed E-state index contributed by atoms with van der Waals surface area (Å²) in [4.78, 5) is 88.7. The van der Waals surface area contributed by atoms with E-state index >= 15 is 0 Å². The number of carbonyl (C=O) groups is 6. The van der Waals surface area contributed by atoms with Crippen LogP contribution in [0.5, 0.6) is 0 Å². The van der Waals surface area contributed by atoms with Crippen LogP contribution in [0, 0.1) is 10.1 Å². The summed E-state index contributed by atoms with van der Waals surface area (Å²) in [6.07, 6.45) is -0.0734. The van der Waals surface area contributed by atoms with Crippen molar-refractivity contribution in [3.05, 3.63) is 70.3 Å². The molecule has 4 atom stereocenters. The van der Waals surface area contributed by atoms with Gasteiger partial charge in [-0.15, -0.1) is 0 Å². The van der Waals surface area contributed by atoms with Gasteiger partial charge in [0.15, 0.2) is 0 Å². The molecular weight excluding hydrogens is 651 g/mol. The van der Waals surface area contributed by atoms with Crippen molar-refractivity contribution in [2.45, 2.75) is 66.9 Å². The van der Waals surface area contributed by atoms with E-state index in [0.29, 0.717) is 30.4 Å². The maximum absolute atomic E-state index is 14.0. The average Bonchev–Trinajstić information content (AvgIpc) is 3.53. The Morgan fingerprint density at radius 3 is 2.26 bits per heavy atom. The Kier molecular flexibility index (Phi) is 14.2. The van der Waals surface area contributed by atoms with E-state index in [4.69, 9.17) is 17.2 Å². The Bertz CT molecular complexity index is 1480. The highest BCUT2D eigenvalue weighted by Crippen LogP contribution is 2.33. The van der Waals surface area contributed by atoms with Gasteiger partial charge in [0.1, 0.15) is 18.1 Å². The van der Waals surface area contributed by atoms with Gasteiger partial charge in [-0.25, -0.2) is 0 Å². The van der Waals surface area contributed by atoms with Crippen molar-refractivity contribution < 1.29 is 33.7 Å². The van der Waals surface area contributed by atoms with Crippen LogP contribution in [0.1, 0.15) is 37.7 Å². The van der Waals surface area contributed by atoms with Crippen molar-refractivity contribution in [3.8, 4) is 0 Å². The van der Waals surface area contributed by atoms with Crippen molar-refractivity contribution in [1.29, 1.82) is 0 Å². The van der Waals surface area contributed by atoms with E-state index in [0.717, 1.165) is 5.56 Å². The Morgan fingerprint density at radius 2 is 1.60 bits per heavy atom. The highest BCUT2D eigenvalue weighted by molar-refractivity contribution is 8.14. The van der Waals surface area contributed by atoms with Crippen molar-refractivity contribution in [3.63, 3.8) is 0 Å². The van der Waals surface area contributed by atoms with Gasteiger partial charge in [0.05, 0.1) is 22.3 Å². The molecular formula is C30H37N7O8S2. The third kappa shape index (κ3) is 11.4. The summed E-state index contributed by atoms with van der Waals surface area (Å²) in [6, 6.07) is 10.4. The summed E-state index contributed by atoms with van der Waals surface area (Å²) in [5.41, 5.74) is 17.0. The van der Waals surface area contributed by atoms with Gasteiger partial charge in [0.2, 0.25) is 34.7 Å². The van der Waals surface area contributed by atoms with Gasteiger partial charge in [0, 0.05) is 30.5 Å². The summed E-state index contributed by atoms with van der Waals surface area (Å²) >= 11 is 2.02. The predicted octanol–water partition coefficient (Wildman–Crippen LogP) is 0.576. The summed E-state index contributed by atoms with van der Waals surface area (Å²) in [5.74, 6) is -3.29. The summed E-state index contributed by atoms with van der Waals surface area (Å²) in [5, 5.41) is 16.0. The van der Waals surface area contributed by atoms with E-state index in [2.05, 4.69) is 10.6 Å². The van der Waals surface area contributed by atoms with E-state index in [9.17, 15) is 38.9 Å². The number of hydrogen-bond donors (Lipinski definition) is 5. The Labute approximate surface area is 279 Å². The molecule has 8 N–H and O–H groups in total. The smallest absolute Gasteiger partial charge is 0.283 e. The number of amides is 5. The van der Waals surface area contributed by atoms with Gasteiger partial charge in [-0.2, -0.15) is 11.8 Å². The second kappa shape index (κ2) is 18.0. The van der Waals surface area contributed by atoms with Crippen molar-refractivity contribution in [2.75, 3.05) is 12.3 Å². The number of hydrogen-bond acceptors (Lipinski definition) is 11. The zero-order chi connectivity index (χ0) is 34.5. The largest absolute Gasteiger partial charge is 0.370 e. The first-order valence-electron chi connectivity index (χ1n) is 14.7. The predicted molar refractivity (Wildman–Crippen MR) is 175 cm³/mol. The topological polar surface area (TPSA) is 251 Å². The van der Waals surface area contributed by atoms with Gasteiger partial charge in [-0.05, 0) is 42.7 Å². The number of carbonyl (C=O) groups excluding carboxylic acids is 6. The number of thioether (sulfide) groups is 2. The first kappa shape index (κ1) is 37.0. The SMILES string of the molecule is NC(=O)CC[C@H](N)C(=O)N[C@@H](CC(N)=O)C(=O)N[C@@H](CSCc1ccccc1)C(=O)N1CCC[C@H]1C(=O)Sc1ccccc1[N+](=O)[O-]. The first-order chi connectivity index (χ1) is 22.4. The molecule has 15 nitrogen and oxygen atoms in total. The third-order valence-corrected chi connectivity index (χ3v) is 9.31. The van der Waals surface area contributed by atoms with Crippen molar-refractivity contribution >= 4 is 63.9 Å². The zero-order valence-corrected chi connectivity index (χ0v) is 27.0. The molecule has 0 aromatic heterocycles. The second-order valence-corrected chi connectivity index (χ2v) is 12.8. The molecule has 47 heavy (non-hydrogen) atoms. The molecule has 252 valence electrons. The number of primary amides is 2. The lowest BCUT2D eigenvalue weighted by molar-refractivity contribution is -0.387. The standard InChI is InChI=1S/C30H37N7O8S2/c31-19(12-13-25(32)38)27(40)34-20(15-26(33)39)28(41)35-21(17-46-16-18-7-2-1-3-8-18)29(42)36-14-6-10-23(36)30(43)47-24-11-5-4-9-22(24)37(44)45/h1-5,7-9,11,19-21,23H,6,10,12-17,31H2,(H2,32,38)(H2,33,39)(H,34,40)(H,35,41)/t19-,20-,21-,23-/m0/s1. The number of benzene rings is 2. The zero-order valence-electron chi connectivity index (χ0n) is 25.4. The molecule has 1 saturated heterocycles. The van der Waals surface area contributed by atoms with Gasteiger partial charge in [0.25, 0.3) is 5.69 Å². The third-order valence-electron chi connectivity index (χ3n) is 7.17. The van der Waals surface area contributed by atoms with Crippen LogP contribution >= 0.6 is 23.5 Å². The maximum Gasteiger partial charge on any atom is 0.283 e. The fourth-order valence-electron chi connectivity index (χ4n) is 4.78. The molecule has 0 spiro atoms. The molecule has 1 aliphatic heterocycles. The van der Waals surface area contributed by atoms with Crippen LogP contribution < -0.4 is 27.8 Å². The van der Waals surface area contributed by atoms with Crippen molar-refractivity contribution in [1.82, 2.24) is 15.5 Å². The van der Waals surface area contributed by atoms with Gasteiger partial charge in [-0.1, -0.05) is 42.5 Å². The maximum atomic E-state index is 14.0. The highest BCUT2D eigenvalue weighted by Gasteiger charge is 2.39. The summed E-state index contributed by atoms with van der Waals surface area (Å²) in [7, 11) is 0. The number of likely N-dealkylation sites (tertiary alicyclic amines) is 1. The molecule has 0 radical (unpaired) electrons. The van der Waals surface area contributed by atoms with E-state index in [-0.39, 0.29) is 35.7 Å². The van der Waals surface area contributed by atoms with Crippen LogP contribution in [0.25, 0.3) is 0 Å². The lowest BCUT2D eigenvalue weighted by Gasteiger charge is -2.29. The number of nitro benzene ring substituents is 1. The fourth-order valence-corrected chi connectivity index (χ4v) is 6.78. The molecule has 1 heterocycles. The van der Waals surface area contributed by atoms with Crippen LogP contribution in [0.2, 0.25) is 0 Å². The minimum atomic E-state index is -1.49. The number of nitro groups is 1. The lowest BCUT2D eigenvalue weighted by atomic mass is 10.1. The van der Waals surface area contributed by atoms with E-state index in [1.807, 2.05) is 30.3 Å². The second-order valence-electron chi connectivity index (χ2n) is 10.7. The first-order valence-corrected chi connectivity index (χ1v) is 16.6. The minimum Gasteiger partial charge on any atom is -0.370 e. The van der Waals surface area contributed by atoms with Crippen LogP contribution in [0.4, 0.5) is 5.69 Å². The summed E-state index contributed by atoms with van der Waals surface area (Å²) in [6.45, 7) is 0.207. The van der Waals surface area contributed by atoms with Gasteiger partial charge in [-0.3, -0.25) is 38.9 Å². The number of nitrogens with zero attached hydrogens (tertiary/aromatic N) is 2. The number of nitrogens with one attached hydrogen (secondary N) is 2. The van der Waals surface area contributed by atoms with Gasteiger partial charge >= 0.3 is 0 Å². The quantitative estimate of drug-likeness (QED) is 0.0873. The molecule has 0 saturated carbocycles. The molecule has 0 bridgehead atoms. The monoisotopic (exact) mass is 687 g/mol. The Morgan fingerprint density at radius 1 is 0.936 bits per heavy atom. The molecule has 3 rings (SSSR count). The minimum absolute atomic E-state index is 0.0730. The molecule has 2 aromatic rings. The normalized spacial score (nSPS) is 16.0. The van der Waals surface area contributed by atoms with E-state index < -0.39 is 70.2 Å².